The molecule has 116 valence electrons. The smallest absolute Gasteiger partial charge is 0.169 e. The highest BCUT2D eigenvalue weighted by Gasteiger charge is 2.10. The minimum atomic E-state index is 0.813. The van der Waals surface area contributed by atoms with Crippen LogP contribution in [0.1, 0.15) is 5.69 Å². The van der Waals surface area contributed by atoms with Crippen LogP contribution in [-0.2, 0) is 19.8 Å². The van der Waals surface area contributed by atoms with E-state index in [-0.39, 0.29) is 0 Å². The van der Waals surface area contributed by atoms with Crippen LogP contribution >= 0.6 is 23.1 Å². The zero-order chi connectivity index (χ0) is 15.8. The Morgan fingerprint density at radius 2 is 2.04 bits per heavy atom. The van der Waals surface area contributed by atoms with E-state index >= 15 is 0 Å². The van der Waals surface area contributed by atoms with E-state index in [1.807, 2.05) is 37.6 Å². The van der Waals surface area contributed by atoms with Gasteiger partial charge in [0.2, 0.25) is 0 Å². The predicted molar refractivity (Wildman–Crippen MR) is 94.6 cm³/mol. The number of rotatable bonds is 4. The van der Waals surface area contributed by atoms with Gasteiger partial charge < -0.3 is 4.57 Å². The van der Waals surface area contributed by atoms with E-state index in [4.69, 9.17) is 4.98 Å². The SMILES string of the molecule is Cn1cc(-c2nc(CSc3nc4ccccc4n3C)cs2)cn1. The molecule has 0 fully saturated rings. The molecule has 0 unspecified atom stereocenters. The third-order valence-corrected chi connectivity index (χ3v) is 5.60. The summed E-state index contributed by atoms with van der Waals surface area (Å²) in [6, 6.07) is 8.20. The highest BCUT2D eigenvalue weighted by molar-refractivity contribution is 7.98. The Bertz CT molecular complexity index is 966. The average molecular weight is 341 g/mol. The summed E-state index contributed by atoms with van der Waals surface area (Å²) in [6.07, 6.45) is 3.84. The van der Waals surface area contributed by atoms with Crippen LogP contribution in [0.15, 0.2) is 47.2 Å². The Kier molecular flexibility index (Phi) is 3.66. The molecular weight excluding hydrogens is 326 g/mol. The normalized spacial score (nSPS) is 11.4. The summed E-state index contributed by atoms with van der Waals surface area (Å²) in [4.78, 5) is 9.38. The lowest BCUT2D eigenvalue weighted by atomic mass is 10.3. The van der Waals surface area contributed by atoms with E-state index < -0.39 is 0 Å². The number of hydrogen-bond donors (Lipinski definition) is 0. The van der Waals surface area contributed by atoms with Crippen molar-refractivity contribution in [1.82, 2.24) is 24.3 Å². The first-order valence-corrected chi connectivity index (χ1v) is 9.05. The Balaban J connectivity index is 1.52. The van der Waals surface area contributed by atoms with Crippen molar-refractivity contribution in [1.29, 1.82) is 0 Å². The Labute approximate surface area is 142 Å². The Hall–Kier alpha value is -2.12. The second kappa shape index (κ2) is 5.82. The van der Waals surface area contributed by atoms with Crippen molar-refractivity contribution < 1.29 is 0 Å². The van der Waals surface area contributed by atoms with Crippen molar-refractivity contribution >= 4 is 34.1 Å². The summed E-state index contributed by atoms with van der Waals surface area (Å²) in [7, 11) is 3.97. The standard InChI is InChI=1S/C16H15N5S2/c1-20-8-11(7-17-20)15-18-12(9-22-15)10-23-16-19-13-5-3-4-6-14(13)21(16)2/h3-9H,10H2,1-2H3. The summed E-state index contributed by atoms with van der Waals surface area (Å²) >= 11 is 3.37. The van der Waals surface area contributed by atoms with Gasteiger partial charge in [-0.3, -0.25) is 4.68 Å². The molecule has 4 rings (SSSR count). The first-order valence-electron chi connectivity index (χ1n) is 7.18. The number of para-hydroxylation sites is 2. The lowest BCUT2D eigenvalue weighted by Gasteiger charge is -2.00. The Morgan fingerprint density at radius 3 is 2.83 bits per heavy atom. The fraction of sp³-hybridized carbons (Fsp3) is 0.188. The second-order valence-corrected chi connectivity index (χ2v) is 7.08. The van der Waals surface area contributed by atoms with Gasteiger partial charge in [-0.1, -0.05) is 23.9 Å². The van der Waals surface area contributed by atoms with E-state index in [1.165, 1.54) is 0 Å². The molecule has 1 aromatic carbocycles. The number of thioether (sulfide) groups is 1. The van der Waals surface area contributed by atoms with Gasteiger partial charge in [-0.2, -0.15) is 5.10 Å². The zero-order valence-corrected chi connectivity index (χ0v) is 14.4. The van der Waals surface area contributed by atoms with Gasteiger partial charge in [-0.25, -0.2) is 9.97 Å². The molecule has 0 amide bonds. The highest BCUT2D eigenvalue weighted by Crippen LogP contribution is 2.28. The van der Waals surface area contributed by atoms with Gasteiger partial charge >= 0.3 is 0 Å². The summed E-state index contributed by atoms with van der Waals surface area (Å²) in [6.45, 7) is 0. The summed E-state index contributed by atoms with van der Waals surface area (Å²) in [5.41, 5.74) is 4.33. The zero-order valence-electron chi connectivity index (χ0n) is 12.8. The number of imidazole rings is 1. The van der Waals surface area contributed by atoms with Crippen molar-refractivity contribution in [2.75, 3.05) is 0 Å². The maximum absolute atomic E-state index is 4.70. The first kappa shape index (κ1) is 14.5. The van der Waals surface area contributed by atoms with Crippen molar-refractivity contribution in [3.8, 4) is 10.6 Å². The van der Waals surface area contributed by atoms with E-state index in [9.17, 15) is 0 Å². The third-order valence-electron chi connectivity index (χ3n) is 3.60. The maximum Gasteiger partial charge on any atom is 0.169 e. The number of fused-ring (bicyclic) bond motifs is 1. The molecule has 0 saturated heterocycles. The number of aryl methyl sites for hydroxylation is 2. The highest BCUT2D eigenvalue weighted by atomic mass is 32.2. The molecule has 0 bridgehead atoms. The molecule has 5 nitrogen and oxygen atoms in total. The molecule has 0 radical (unpaired) electrons. The summed E-state index contributed by atoms with van der Waals surface area (Å²) in [5.74, 6) is 0.813. The minimum Gasteiger partial charge on any atom is -0.322 e. The number of aromatic nitrogens is 5. The topological polar surface area (TPSA) is 48.5 Å². The number of nitrogens with zero attached hydrogens (tertiary/aromatic N) is 5. The van der Waals surface area contributed by atoms with Crippen molar-refractivity contribution in [2.45, 2.75) is 10.9 Å². The number of thiazole rings is 1. The van der Waals surface area contributed by atoms with Gasteiger partial charge in [0.15, 0.2) is 5.16 Å². The predicted octanol–water partition coefficient (Wildman–Crippen LogP) is 3.72. The molecule has 0 aliphatic carbocycles. The summed E-state index contributed by atoms with van der Waals surface area (Å²) < 4.78 is 3.93. The van der Waals surface area contributed by atoms with Crippen LogP contribution in [0.3, 0.4) is 0 Å². The molecule has 0 spiro atoms. The fourth-order valence-corrected chi connectivity index (χ4v) is 4.21. The van der Waals surface area contributed by atoms with Crippen LogP contribution in [-0.4, -0.2) is 24.3 Å². The molecule has 0 aliphatic rings. The van der Waals surface area contributed by atoms with Crippen LogP contribution in [0.5, 0.6) is 0 Å². The van der Waals surface area contributed by atoms with Crippen molar-refractivity contribution in [3.05, 3.63) is 47.7 Å². The lowest BCUT2D eigenvalue weighted by molar-refractivity contribution is 0.768. The molecule has 23 heavy (non-hydrogen) atoms. The molecule has 7 heteroatoms. The number of hydrogen-bond acceptors (Lipinski definition) is 5. The number of benzene rings is 1. The van der Waals surface area contributed by atoms with Gasteiger partial charge in [-0.05, 0) is 12.1 Å². The molecular formula is C16H15N5S2. The molecule has 0 N–H and O–H groups in total. The van der Waals surface area contributed by atoms with Crippen LogP contribution in [0, 0.1) is 0 Å². The molecule has 0 saturated carbocycles. The lowest BCUT2D eigenvalue weighted by Crippen LogP contribution is -1.91. The molecule has 3 aromatic heterocycles. The van der Waals surface area contributed by atoms with E-state index in [0.29, 0.717) is 0 Å². The fourth-order valence-electron chi connectivity index (χ4n) is 2.43. The second-order valence-electron chi connectivity index (χ2n) is 5.28. The monoisotopic (exact) mass is 341 g/mol. The molecule has 0 atom stereocenters. The Morgan fingerprint density at radius 1 is 1.17 bits per heavy atom. The van der Waals surface area contributed by atoms with E-state index in [1.54, 1.807) is 27.8 Å². The van der Waals surface area contributed by atoms with Crippen LogP contribution in [0.4, 0.5) is 0 Å². The van der Waals surface area contributed by atoms with Crippen LogP contribution in [0.2, 0.25) is 0 Å². The van der Waals surface area contributed by atoms with Gasteiger partial charge in [0.1, 0.15) is 5.01 Å². The molecule has 3 heterocycles. The molecule has 4 aromatic rings. The van der Waals surface area contributed by atoms with Crippen molar-refractivity contribution in [3.63, 3.8) is 0 Å². The van der Waals surface area contributed by atoms with E-state index in [2.05, 4.69) is 33.1 Å². The van der Waals surface area contributed by atoms with Crippen LogP contribution < -0.4 is 0 Å². The van der Waals surface area contributed by atoms with Gasteiger partial charge in [0.05, 0.1) is 22.9 Å². The summed E-state index contributed by atoms with van der Waals surface area (Å²) in [5, 5.41) is 8.33. The van der Waals surface area contributed by atoms with E-state index in [0.717, 1.165) is 38.2 Å². The first-order chi connectivity index (χ1) is 11.2. The van der Waals surface area contributed by atoms with Gasteiger partial charge in [-0.15, -0.1) is 11.3 Å². The van der Waals surface area contributed by atoms with Gasteiger partial charge in [0, 0.05) is 37.0 Å². The molecule has 0 aliphatic heterocycles. The van der Waals surface area contributed by atoms with Crippen molar-refractivity contribution in [2.24, 2.45) is 14.1 Å². The minimum absolute atomic E-state index is 0.813. The van der Waals surface area contributed by atoms with Gasteiger partial charge in [0.25, 0.3) is 0 Å². The quantitative estimate of drug-likeness (QED) is 0.531. The maximum atomic E-state index is 4.70. The average Bonchev–Trinajstić information content (AvgIpc) is 3.25. The third kappa shape index (κ3) is 2.77. The van der Waals surface area contributed by atoms with Crippen LogP contribution in [0.25, 0.3) is 21.6 Å². The largest absolute Gasteiger partial charge is 0.322 e.